The molecule has 4 aliphatic carbocycles. The van der Waals surface area contributed by atoms with Gasteiger partial charge in [0, 0.05) is 37.2 Å². The Labute approximate surface area is 627 Å². The largest absolute Gasteiger partial charge is 0.394 e. The first-order valence-corrected chi connectivity index (χ1v) is 38.1. The lowest BCUT2D eigenvalue weighted by molar-refractivity contribution is -0.414. The zero-order valence-corrected chi connectivity index (χ0v) is 61.5. The number of ether oxygens (including phenoxy) is 16. The van der Waals surface area contributed by atoms with Crippen LogP contribution in [0.3, 0.4) is 0 Å². The number of carbonyl (C=O) groups is 1. The highest BCUT2D eigenvalue weighted by Gasteiger charge is 2.72. The first-order valence-electron chi connectivity index (χ1n) is 38.1. The molecule has 0 aromatic heterocycles. The lowest BCUT2D eigenvalue weighted by Gasteiger charge is -2.60. The fourth-order valence-corrected chi connectivity index (χ4v) is 20.0. The Bertz CT molecular complexity index is 2930. The molecule has 8 heterocycles. The molecular weight excluding hydrogens is 1460 g/mol. The maximum Gasteiger partial charge on any atom is 0.187 e. The molecule has 22 N–H and O–H groups in total. The van der Waals surface area contributed by atoms with Crippen molar-refractivity contribution < 1.29 is 193 Å². The van der Waals surface area contributed by atoms with Crippen molar-refractivity contribution in [1.29, 1.82) is 0 Å². The molecule has 0 spiro atoms. The fraction of sp³-hybridized carbons (Fsp3) is 0.986. The highest BCUT2D eigenvalue weighted by molar-refractivity contribution is 5.87. The van der Waals surface area contributed by atoms with Gasteiger partial charge in [0.15, 0.2) is 49.8 Å². The van der Waals surface area contributed by atoms with Crippen molar-refractivity contribution in [2.24, 2.45) is 52.3 Å². The minimum absolute atomic E-state index is 0.0125. The van der Waals surface area contributed by atoms with Crippen LogP contribution in [0.4, 0.5) is 0 Å². The van der Waals surface area contributed by atoms with Crippen molar-refractivity contribution in [3.63, 3.8) is 0 Å². The van der Waals surface area contributed by atoms with Gasteiger partial charge < -0.3 is 188 Å². The monoisotopic (exact) mass is 1580 g/mol. The summed E-state index contributed by atoms with van der Waals surface area (Å²) in [4.78, 5) is 15.1. The minimum Gasteiger partial charge on any atom is -0.394 e. The number of carbonyl (C=O) groups excluding carboxylic acids is 1. The molecule has 0 aromatic carbocycles. The third kappa shape index (κ3) is 16.0. The number of methoxy groups -OCH3 is 1. The van der Waals surface area contributed by atoms with Crippen molar-refractivity contribution in [1.82, 2.24) is 0 Å². The molecule has 39 nitrogen and oxygen atoms in total. The van der Waals surface area contributed by atoms with Gasteiger partial charge >= 0.3 is 0 Å². The normalized spacial score (nSPS) is 54.7. The summed E-state index contributed by atoms with van der Waals surface area (Å²) in [6.45, 7) is 4.13. The summed E-state index contributed by atoms with van der Waals surface area (Å²) >= 11 is 0. The highest BCUT2D eigenvalue weighted by atomic mass is 16.8. The Balaban J connectivity index is 0.727. The number of hydrogen-bond donors (Lipinski definition) is 22. The van der Waals surface area contributed by atoms with E-state index >= 15 is 4.79 Å². The van der Waals surface area contributed by atoms with Gasteiger partial charge in [0.1, 0.15) is 171 Å². The number of Topliss-reactive ketones (excluding diaryl/α,β-unsaturated/α-hetero) is 1. The Morgan fingerprint density at radius 2 is 0.881 bits per heavy atom. The van der Waals surface area contributed by atoms with E-state index in [-0.39, 0.29) is 65.3 Å². The maximum absolute atomic E-state index is 15.1. The van der Waals surface area contributed by atoms with Crippen molar-refractivity contribution >= 4 is 5.78 Å². The second kappa shape index (κ2) is 35.0. The van der Waals surface area contributed by atoms with Crippen molar-refractivity contribution in [2.45, 2.75) is 325 Å². The number of hydrogen-bond acceptors (Lipinski definition) is 39. The lowest BCUT2D eigenvalue weighted by Crippen LogP contribution is -2.69. The fourth-order valence-electron chi connectivity index (χ4n) is 20.0. The van der Waals surface area contributed by atoms with Gasteiger partial charge in [-0.1, -0.05) is 27.7 Å². The van der Waals surface area contributed by atoms with Crippen LogP contribution in [0.5, 0.6) is 0 Å². The molecule has 0 amide bonds. The zero-order valence-electron chi connectivity index (χ0n) is 61.5. The summed E-state index contributed by atoms with van der Waals surface area (Å²) in [7, 11) is 1.61. The molecule has 8 saturated heterocycles. The molecule has 39 heteroatoms. The Morgan fingerprint density at radius 1 is 0.440 bits per heavy atom. The number of aliphatic hydroxyl groups excluding tert-OH is 22. The average molecular weight is 1580 g/mol. The molecule has 4 saturated carbocycles. The van der Waals surface area contributed by atoms with E-state index < -0.39 is 272 Å². The van der Waals surface area contributed by atoms with E-state index in [1.165, 1.54) is 6.92 Å². The van der Waals surface area contributed by atoms with Crippen LogP contribution in [0.25, 0.3) is 0 Å². The van der Waals surface area contributed by atoms with E-state index in [2.05, 4.69) is 20.8 Å². The van der Waals surface area contributed by atoms with Crippen LogP contribution in [-0.4, -0.2) is 404 Å². The second-order valence-corrected chi connectivity index (χ2v) is 32.7. The van der Waals surface area contributed by atoms with Crippen LogP contribution in [-0.2, 0) is 80.6 Å². The third-order valence-corrected chi connectivity index (χ3v) is 26.6. The summed E-state index contributed by atoms with van der Waals surface area (Å²) in [6.07, 6.45) is -61.1. The SMILES string of the molecule is COC1(CCC(C)COC2OC(CO)C(O)C(O)C2O)OC2CC3C4CCC5CC(OC6OC(CO)C(OC7OC(CO)C(O)C(OC8OC(CO)C(OC9OC(C)C(O)C(O)C9O)C(O)C8O)C7OC7OC(CO)C(O)C(OC8OC(CO)C(O)C(O)C8O)C7O)C(O)C6O)CCC5(C)C4CC(=O)C3(C)C2C1C. The van der Waals surface area contributed by atoms with Gasteiger partial charge in [-0.25, -0.2) is 0 Å². The second-order valence-electron chi connectivity index (χ2n) is 32.7. The lowest BCUT2D eigenvalue weighted by atomic mass is 9.44. The van der Waals surface area contributed by atoms with E-state index in [0.29, 0.717) is 44.9 Å². The zero-order chi connectivity index (χ0) is 79.1. The summed E-state index contributed by atoms with van der Waals surface area (Å²) in [5, 5.41) is 241. The van der Waals surface area contributed by atoms with Gasteiger partial charge in [-0.2, -0.15) is 0 Å². The van der Waals surface area contributed by atoms with Gasteiger partial charge in [-0.05, 0) is 86.9 Å². The molecule has 12 fully saturated rings. The summed E-state index contributed by atoms with van der Waals surface area (Å²) < 4.78 is 96.7. The predicted molar refractivity (Wildman–Crippen MR) is 353 cm³/mol. The molecule has 0 aromatic rings. The van der Waals surface area contributed by atoms with E-state index in [9.17, 15) is 112 Å². The molecule has 8 aliphatic heterocycles. The van der Waals surface area contributed by atoms with Crippen LogP contribution in [0, 0.1) is 52.3 Å². The molecule has 630 valence electrons. The number of fused-ring (bicyclic) bond motifs is 7. The van der Waals surface area contributed by atoms with Crippen molar-refractivity contribution in [3.05, 3.63) is 0 Å². The summed E-state index contributed by atoms with van der Waals surface area (Å²) in [6, 6.07) is 0. The van der Waals surface area contributed by atoms with Crippen molar-refractivity contribution in [2.75, 3.05) is 53.4 Å². The molecule has 0 radical (unpaired) electrons. The number of aliphatic hydroxyl groups is 22. The Morgan fingerprint density at radius 3 is 1.44 bits per heavy atom. The first-order chi connectivity index (χ1) is 51.7. The van der Waals surface area contributed by atoms with E-state index in [0.717, 1.165) is 12.8 Å². The molecule has 47 atom stereocenters. The minimum atomic E-state index is -2.32. The van der Waals surface area contributed by atoms with Gasteiger partial charge in [0.25, 0.3) is 0 Å². The molecular formula is C70H116O39. The standard InChI is InChI=1S/C70H116O39/c1-23(22-95-61-50(88)46(84)41(79)32(16-71)98-61)9-12-70(94-6)24(2)39-31(109-70)14-30-28-8-7-26-13-27(10-11-68(26,4)29(28)15-38(77)69(30,39)5)97-63-53(91)48(86)57(37(21-76)102-63)105-67-60(108-66-55(93)58(43(81)34(18-73)100-66)106-64-52(90)47(85)42(80)33(17-72)99-64)59(44(82)35(19-74)101-67)107-65-54(92)49(87)56(36(20-75)103-65)104-62-51(89)45(83)40(78)25(3)96-62/h23-37,39-67,71-76,78-93H,7-22H2,1-6H3. The molecule has 47 unspecified atom stereocenters. The molecule has 12 aliphatic rings. The van der Waals surface area contributed by atoms with E-state index in [1.54, 1.807) is 7.11 Å². The van der Waals surface area contributed by atoms with Crippen LogP contribution in [0.15, 0.2) is 0 Å². The molecule has 109 heavy (non-hydrogen) atoms. The molecule has 12 rings (SSSR count). The Hall–Kier alpha value is -1.85. The topological polar surface area (TPSA) is 610 Å². The maximum atomic E-state index is 15.1. The summed E-state index contributed by atoms with van der Waals surface area (Å²) in [5.74, 6) is -1.07. The number of rotatable bonds is 25. The van der Waals surface area contributed by atoms with E-state index in [4.69, 9.17) is 75.8 Å². The highest BCUT2D eigenvalue weighted by Crippen LogP contribution is 2.70. The summed E-state index contributed by atoms with van der Waals surface area (Å²) in [5.41, 5.74) is -1.04. The van der Waals surface area contributed by atoms with Crippen LogP contribution in [0.1, 0.15) is 92.4 Å². The van der Waals surface area contributed by atoms with E-state index in [1.807, 2.05) is 6.92 Å². The van der Waals surface area contributed by atoms with Crippen molar-refractivity contribution in [3.8, 4) is 0 Å². The van der Waals surface area contributed by atoms with Gasteiger partial charge in [-0.15, -0.1) is 0 Å². The van der Waals surface area contributed by atoms with Crippen LogP contribution < -0.4 is 0 Å². The average Bonchev–Trinajstić information content (AvgIpc) is 1.46. The smallest absolute Gasteiger partial charge is 0.187 e. The van der Waals surface area contributed by atoms with Crippen LogP contribution >= 0.6 is 0 Å². The van der Waals surface area contributed by atoms with Crippen LogP contribution in [0.2, 0.25) is 0 Å². The third-order valence-electron chi connectivity index (χ3n) is 26.6. The van der Waals surface area contributed by atoms with Gasteiger partial charge in [0.2, 0.25) is 0 Å². The number of ketones is 1. The van der Waals surface area contributed by atoms with Gasteiger partial charge in [-0.3, -0.25) is 4.79 Å². The predicted octanol–water partition coefficient (Wildman–Crippen LogP) is -9.62. The molecule has 0 bridgehead atoms. The first kappa shape index (κ1) is 86.5. The Kier molecular flexibility index (Phi) is 27.8. The van der Waals surface area contributed by atoms with Gasteiger partial charge in [0.05, 0.1) is 64.6 Å². The quantitative estimate of drug-likeness (QED) is 0.0378.